The summed E-state index contributed by atoms with van der Waals surface area (Å²) in [5, 5.41) is 20.5. The number of halogens is 7. The lowest BCUT2D eigenvalue weighted by Crippen LogP contribution is -2.60. The number of carbonyl (C=O) groups excluding carboxylic acids is 2. The molecule has 0 aliphatic heterocycles. The lowest BCUT2D eigenvalue weighted by atomic mass is 9.44. The normalized spacial score (nSPS) is 43.5. The average Bonchev–Trinajstić information content (AvgIpc) is 3.12. The van der Waals surface area contributed by atoms with Crippen LogP contribution < -0.4 is 0 Å². The van der Waals surface area contributed by atoms with Crippen LogP contribution >= 0.6 is 0 Å². The Balaban J connectivity index is 1.53. The molecule has 4 fully saturated rings. The minimum absolute atomic E-state index is 0.00380. The van der Waals surface area contributed by atoms with Crippen molar-refractivity contribution in [3.63, 3.8) is 0 Å². The number of rotatable bonds is 4. The van der Waals surface area contributed by atoms with Gasteiger partial charge in [-0.25, -0.2) is 4.79 Å². The van der Waals surface area contributed by atoms with Gasteiger partial charge in [-0.1, -0.05) is 13.8 Å². The van der Waals surface area contributed by atoms with E-state index < -0.39 is 59.1 Å². The largest absolute Gasteiger partial charge is 0.460 e. The molecule has 4 saturated carbocycles. The lowest BCUT2D eigenvalue weighted by molar-refractivity contribution is -0.349. The smallest absolute Gasteiger partial charge is 0.458 e. The van der Waals surface area contributed by atoms with Crippen molar-refractivity contribution in [3.8, 4) is 0 Å². The summed E-state index contributed by atoms with van der Waals surface area (Å²) in [6.07, 6.45) is -7.08. The molecule has 0 aromatic carbocycles. The summed E-state index contributed by atoms with van der Waals surface area (Å²) in [5.74, 6) is -16.7. The van der Waals surface area contributed by atoms with Crippen LogP contribution in [-0.4, -0.2) is 58.3 Å². The Morgan fingerprint density at radius 2 is 1.57 bits per heavy atom. The van der Waals surface area contributed by atoms with Gasteiger partial charge in [0, 0.05) is 18.3 Å². The molecule has 0 aromatic heterocycles. The maximum Gasteiger partial charge on any atom is 0.460 e. The highest BCUT2D eigenvalue weighted by atomic mass is 19.4. The molecule has 0 aromatic rings. The first-order valence-corrected chi connectivity index (χ1v) is 12.7. The van der Waals surface area contributed by atoms with Gasteiger partial charge in [0.1, 0.15) is 11.9 Å². The highest BCUT2D eigenvalue weighted by Gasteiger charge is 2.77. The van der Waals surface area contributed by atoms with E-state index in [-0.39, 0.29) is 48.7 Å². The van der Waals surface area contributed by atoms with Crippen LogP contribution in [0.2, 0.25) is 0 Å². The van der Waals surface area contributed by atoms with Gasteiger partial charge in [0.05, 0.1) is 12.2 Å². The molecule has 0 unspecified atom stereocenters. The van der Waals surface area contributed by atoms with Gasteiger partial charge in [-0.3, -0.25) is 4.79 Å². The third kappa shape index (κ3) is 4.10. The van der Waals surface area contributed by atoms with E-state index in [1.165, 1.54) is 6.92 Å². The zero-order chi connectivity index (χ0) is 27.9. The van der Waals surface area contributed by atoms with E-state index in [0.717, 1.165) is 0 Å². The van der Waals surface area contributed by atoms with Crippen molar-refractivity contribution in [2.45, 2.75) is 102 Å². The summed E-state index contributed by atoms with van der Waals surface area (Å²) in [5.41, 5.74) is -1.14. The van der Waals surface area contributed by atoms with Gasteiger partial charge < -0.3 is 14.9 Å². The van der Waals surface area contributed by atoms with E-state index in [4.69, 9.17) is 0 Å². The summed E-state index contributed by atoms with van der Waals surface area (Å²) < 4.78 is 96.5. The van der Waals surface area contributed by atoms with Gasteiger partial charge in [-0.05, 0) is 74.0 Å². The number of aliphatic hydroxyl groups is 2. The first kappa shape index (κ1) is 28.6. The van der Waals surface area contributed by atoms with Crippen LogP contribution in [-0.2, 0) is 14.3 Å². The number of Topliss-reactive ketones (excluding diaryl/α,β-unsaturated/α-hetero) is 1. The molecule has 0 amide bonds. The molecule has 12 heteroatoms. The number of alkyl halides is 7. The number of hydrogen-bond acceptors (Lipinski definition) is 5. The number of esters is 1. The number of carbonyl (C=O) groups is 2. The summed E-state index contributed by atoms with van der Waals surface area (Å²) in [6.45, 7) is 5.06. The van der Waals surface area contributed by atoms with E-state index in [9.17, 15) is 50.5 Å². The van der Waals surface area contributed by atoms with Crippen molar-refractivity contribution in [1.82, 2.24) is 0 Å². The second kappa shape index (κ2) is 8.79. The van der Waals surface area contributed by atoms with Gasteiger partial charge >= 0.3 is 24.0 Å². The molecule has 37 heavy (non-hydrogen) atoms. The predicted octanol–water partition coefficient (Wildman–Crippen LogP) is 4.92. The Hall–Kier alpha value is -1.43. The van der Waals surface area contributed by atoms with Crippen LogP contribution in [0.3, 0.4) is 0 Å². The second-order valence-electron chi connectivity index (χ2n) is 12.2. The van der Waals surface area contributed by atoms with Crippen molar-refractivity contribution in [2.75, 3.05) is 0 Å². The van der Waals surface area contributed by atoms with Crippen LogP contribution in [0.25, 0.3) is 0 Å². The van der Waals surface area contributed by atoms with Crippen molar-refractivity contribution >= 4 is 11.8 Å². The molecule has 4 aliphatic rings. The Bertz CT molecular complexity index is 939. The monoisotopic (exact) mass is 546 g/mol. The van der Waals surface area contributed by atoms with Crippen LogP contribution in [0.15, 0.2) is 0 Å². The lowest BCUT2D eigenvalue weighted by Gasteiger charge is -2.60. The van der Waals surface area contributed by atoms with E-state index >= 15 is 0 Å². The fourth-order valence-corrected chi connectivity index (χ4v) is 8.51. The fraction of sp³-hybridized carbons (Fsp3) is 0.920. The Morgan fingerprint density at radius 1 is 0.973 bits per heavy atom. The standard InChI is InChI=1S/C25H33F7O5/c1-11(37-20(36)23(26,27)24(28,29)25(30,31)32)13-4-5-14-12-8-17(33)16-9-18(34)19(35)10-22(16,3)15(12)6-7-21(13,14)2/h11-16,18-19,34-35H,4-10H2,1-3H3/t11-,12+,13-,14+,15+,16-,18+,19-,21-,22-/m1/s1. The first-order chi connectivity index (χ1) is 16.8. The van der Waals surface area contributed by atoms with Gasteiger partial charge in [0.15, 0.2) is 0 Å². The van der Waals surface area contributed by atoms with E-state index in [1.54, 1.807) is 0 Å². The highest BCUT2D eigenvalue weighted by Crippen LogP contribution is 2.67. The van der Waals surface area contributed by atoms with Crippen molar-refractivity contribution in [1.29, 1.82) is 0 Å². The van der Waals surface area contributed by atoms with Crippen molar-refractivity contribution in [3.05, 3.63) is 0 Å². The number of hydrogen-bond donors (Lipinski definition) is 2. The molecule has 212 valence electrons. The molecular weight excluding hydrogens is 513 g/mol. The van der Waals surface area contributed by atoms with Crippen molar-refractivity contribution in [2.24, 2.45) is 40.4 Å². The predicted molar refractivity (Wildman–Crippen MR) is 115 cm³/mol. The number of fused-ring (bicyclic) bond motifs is 5. The SMILES string of the molecule is C[C@@H](OC(=O)C(F)(F)C(F)(F)C(F)(F)F)[C@H]1CC[C@H]2[C@@H]3CC(=O)[C@H]4C[C@H](O)[C@H](O)C[C@]4(C)[C@H]3CC[C@]12C. The van der Waals surface area contributed by atoms with Crippen LogP contribution in [0.5, 0.6) is 0 Å². The summed E-state index contributed by atoms with van der Waals surface area (Å²) >= 11 is 0. The summed E-state index contributed by atoms with van der Waals surface area (Å²) in [6, 6.07) is 0. The molecule has 2 N–H and O–H groups in total. The van der Waals surface area contributed by atoms with Gasteiger partial charge in [-0.2, -0.15) is 30.7 Å². The quantitative estimate of drug-likeness (QED) is 0.387. The maximum atomic E-state index is 13.9. The minimum atomic E-state index is -6.63. The molecule has 0 bridgehead atoms. The van der Waals surface area contributed by atoms with Crippen molar-refractivity contribution < 1.29 is 55.3 Å². The molecular formula is C25H33F7O5. The topological polar surface area (TPSA) is 83.8 Å². The number of aliphatic hydroxyl groups excluding tert-OH is 2. The first-order valence-electron chi connectivity index (χ1n) is 12.7. The maximum absolute atomic E-state index is 13.9. The average molecular weight is 547 g/mol. The third-order valence-electron chi connectivity index (χ3n) is 10.4. The van der Waals surface area contributed by atoms with E-state index in [2.05, 4.69) is 4.74 Å². The van der Waals surface area contributed by atoms with Crippen LogP contribution in [0.1, 0.15) is 65.7 Å². The molecule has 4 aliphatic carbocycles. The summed E-state index contributed by atoms with van der Waals surface area (Å²) in [7, 11) is 0. The zero-order valence-electron chi connectivity index (χ0n) is 20.8. The van der Waals surface area contributed by atoms with Gasteiger partial charge in [-0.15, -0.1) is 0 Å². The molecule has 0 saturated heterocycles. The third-order valence-corrected chi connectivity index (χ3v) is 10.4. The Morgan fingerprint density at radius 3 is 2.16 bits per heavy atom. The van der Waals surface area contributed by atoms with Crippen LogP contribution in [0.4, 0.5) is 30.7 Å². The number of ketones is 1. The molecule has 0 heterocycles. The van der Waals surface area contributed by atoms with Crippen LogP contribution in [0, 0.1) is 40.4 Å². The van der Waals surface area contributed by atoms with E-state index in [0.29, 0.717) is 25.7 Å². The minimum Gasteiger partial charge on any atom is -0.458 e. The van der Waals surface area contributed by atoms with Gasteiger partial charge in [0.2, 0.25) is 0 Å². The highest BCUT2D eigenvalue weighted by molar-refractivity contribution is 5.83. The Labute approximate surface area is 210 Å². The molecule has 0 spiro atoms. The summed E-state index contributed by atoms with van der Waals surface area (Å²) in [4.78, 5) is 25.0. The van der Waals surface area contributed by atoms with Gasteiger partial charge in [0.25, 0.3) is 0 Å². The number of ether oxygens (including phenoxy) is 1. The Kier molecular flexibility index (Phi) is 6.79. The van der Waals surface area contributed by atoms with E-state index in [1.807, 2.05) is 13.8 Å². The second-order valence-corrected chi connectivity index (χ2v) is 12.2. The fourth-order valence-electron chi connectivity index (χ4n) is 8.51. The molecule has 0 radical (unpaired) electrons. The molecule has 5 nitrogen and oxygen atoms in total. The zero-order valence-corrected chi connectivity index (χ0v) is 20.8. The molecule has 4 rings (SSSR count). The molecule has 10 atom stereocenters.